The minimum atomic E-state index is -0.117. The van der Waals surface area contributed by atoms with E-state index in [9.17, 15) is 9.90 Å². The average Bonchev–Trinajstić information content (AvgIpc) is 3.17. The van der Waals surface area contributed by atoms with Gasteiger partial charge in [-0.25, -0.2) is 4.98 Å². The molecule has 0 spiro atoms. The van der Waals surface area contributed by atoms with Gasteiger partial charge in [-0.15, -0.1) is 11.3 Å². The summed E-state index contributed by atoms with van der Waals surface area (Å²) in [5, 5.41) is 11.6. The van der Waals surface area contributed by atoms with Crippen LogP contribution in [0.5, 0.6) is 11.5 Å². The van der Waals surface area contributed by atoms with Gasteiger partial charge < -0.3 is 9.84 Å². The van der Waals surface area contributed by atoms with Gasteiger partial charge in [0.25, 0.3) is 5.56 Å². The summed E-state index contributed by atoms with van der Waals surface area (Å²) in [7, 11) is 0. The molecule has 0 fully saturated rings. The molecular formula is C26H22N2O3S. The van der Waals surface area contributed by atoms with Crippen LogP contribution in [0.3, 0.4) is 0 Å². The van der Waals surface area contributed by atoms with Gasteiger partial charge in [0.2, 0.25) is 0 Å². The lowest BCUT2D eigenvalue weighted by atomic mass is 10.1. The van der Waals surface area contributed by atoms with Gasteiger partial charge in [0.05, 0.1) is 22.7 Å². The molecule has 32 heavy (non-hydrogen) atoms. The number of fused-ring (bicyclic) bond motifs is 3. The molecule has 160 valence electrons. The highest BCUT2D eigenvalue weighted by Crippen LogP contribution is 2.37. The van der Waals surface area contributed by atoms with Crippen molar-refractivity contribution in [2.75, 3.05) is 0 Å². The number of rotatable bonds is 5. The minimum Gasteiger partial charge on any atom is -0.506 e. The van der Waals surface area contributed by atoms with Gasteiger partial charge in [-0.05, 0) is 49.7 Å². The molecule has 0 radical (unpaired) electrons. The van der Waals surface area contributed by atoms with E-state index < -0.39 is 0 Å². The fourth-order valence-electron chi connectivity index (χ4n) is 3.85. The Kier molecular flexibility index (Phi) is 5.15. The van der Waals surface area contributed by atoms with E-state index in [4.69, 9.17) is 9.72 Å². The van der Waals surface area contributed by atoms with Gasteiger partial charge >= 0.3 is 0 Å². The van der Waals surface area contributed by atoms with Crippen LogP contribution in [-0.4, -0.2) is 20.8 Å². The molecule has 5 aromatic rings. The van der Waals surface area contributed by atoms with Crippen LogP contribution in [0.1, 0.15) is 19.4 Å². The van der Waals surface area contributed by atoms with E-state index in [0.29, 0.717) is 27.3 Å². The van der Waals surface area contributed by atoms with E-state index in [2.05, 4.69) is 0 Å². The molecule has 0 atom stereocenters. The molecule has 0 saturated carbocycles. The number of aromatic nitrogens is 2. The summed E-state index contributed by atoms with van der Waals surface area (Å²) >= 11 is 1.34. The third-order valence-electron chi connectivity index (χ3n) is 5.27. The Bertz CT molecular complexity index is 1470. The van der Waals surface area contributed by atoms with Gasteiger partial charge in [0, 0.05) is 10.9 Å². The number of hydrogen-bond acceptors (Lipinski definition) is 5. The molecule has 0 bridgehead atoms. The molecule has 0 saturated heterocycles. The molecule has 2 heterocycles. The normalized spacial score (nSPS) is 11.5. The van der Waals surface area contributed by atoms with Crippen LogP contribution in [0.2, 0.25) is 0 Å². The van der Waals surface area contributed by atoms with Crippen molar-refractivity contribution in [1.82, 2.24) is 9.55 Å². The van der Waals surface area contributed by atoms with Crippen LogP contribution in [0, 0.1) is 0 Å². The number of ether oxygens (including phenoxy) is 1. The average molecular weight is 443 g/mol. The second-order valence-electron chi connectivity index (χ2n) is 7.94. The van der Waals surface area contributed by atoms with Gasteiger partial charge in [0.15, 0.2) is 0 Å². The number of phenols is 1. The second-order valence-corrected chi connectivity index (χ2v) is 8.94. The summed E-state index contributed by atoms with van der Waals surface area (Å²) in [4.78, 5) is 19.3. The highest BCUT2D eigenvalue weighted by atomic mass is 32.1. The lowest BCUT2D eigenvalue weighted by Gasteiger charge is -2.14. The zero-order chi connectivity index (χ0) is 22.2. The van der Waals surface area contributed by atoms with Gasteiger partial charge in [-0.1, -0.05) is 42.5 Å². The monoisotopic (exact) mass is 442 g/mol. The maximum atomic E-state index is 13.7. The van der Waals surface area contributed by atoms with E-state index in [-0.39, 0.29) is 17.4 Å². The van der Waals surface area contributed by atoms with E-state index >= 15 is 0 Å². The first-order valence-electron chi connectivity index (χ1n) is 10.5. The van der Waals surface area contributed by atoms with Crippen LogP contribution < -0.4 is 10.3 Å². The van der Waals surface area contributed by atoms with Crippen molar-refractivity contribution < 1.29 is 9.84 Å². The Morgan fingerprint density at radius 3 is 2.47 bits per heavy atom. The molecule has 0 aliphatic rings. The van der Waals surface area contributed by atoms with Gasteiger partial charge in [-0.2, -0.15) is 0 Å². The molecular weight excluding hydrogens is 420 g/mol. The van der Waals surface area contributed by atoms with E-state index in [0.717, 1.165) is 22.3 Å². The molecule has 0 amide bonds. The third kappa shape index (κ3) is 3.63. The Morgan fingerprint density at radius 2 is 1.75 bits per heavy atom. The summed E-state index contributed by atoms with van der Waals surface area (Å²) in [5.41, 5.74) is 1.73. The molecule has 6 heteroatoms. The molecule has 3 aromatic carbocycles. The van der Waals surface area contributed by atoms with Gasteiger partial charge in [0.1, 0.15) is 22.2 Å². The zero-order valence-corrected chi connectivity index (χ0v) is 18.6. The standard InChI is InChI=1S/C26H22N2O3S/c1-16(2)31-19-13-11-18(12-14-19)24-27-25-22(20-9-6-10-21(29)23(20)32-25)26(30)28(24)15-17-7-4-3-5-8-17/h3-14,16,29H,15H2,1-2H3. The van der Waals surface area contributed by atoms with Crippen LogP contribution in [0.15, 0.2) is 77.6 Å². The highest BCUT2D eigenvalue weighted by molar-refractivity contribution is 7.25. The first kappa shape index (κ1) is 20.3. The van der Waals surface area contributed by atoms with E-state index in [1.165, 1.54) is 11.3 Å². The smallest absolute Gasteiger partial charge is 0.263 e. The summed E-state index contributed by atoms with van der Waals surface area (Å²) < 4.78 is 8.15. The van der Waals surface area contributed by atoms with Crippen molar-refractivity contribution >= 4 is 31.6 Å². The fraction of sp³-hybridized carbons (Fsp3) is 0.154. The molecule has 5 rings (SSSR count). The van der Waals surface area contributed by atoms with Crippen LogP contribution >= 0.6 is 11.3 Å². The zero-order valence-electron chi connectivity index (χ0n) is 17.8. The third-order valence-corrected chi connectivity index (χ3v) is 6.39. The van der Waals surface area contributed by atoms with Crippen LogP contribution in [-0.2, 0) is 6.54 Å². The summed E-state index contributed by atoms with van der Waals surface area (Å²) in [6.07, 6.45) is 0.0813. The summed E-state index contributed by atoms with van der Waals surface area (Å²) in [6.45, 7) is 4.37. The number of benzene rings is 3. The van der Waals surface area contributed by atoms with Crippen molar-refractivity contribution in [3.63, 3.8) is 0 Å². The fourth-order valence-corrected chi connectivity index (χ4v) is 4.93. The summed E-state index contributed by atoms with van der Waals surface area (Å²) in [5.74, 6) is 1.53. The van der Waals surface area contributed by atoms with Crippen LogP contribution in [0.25, 0.3) is 31.7 Å². The topological polar surface area (TPSA) is 64.3 Å². The van der Waals surface area contributed by atoms with E-state index in [1.807, 2.05) is 74.5 Å². The number of aromatic hydroxyl groups is 1. The van der Waals surface area contributed by atoms with Crippen molar-refractivity contribution in [3.8, 4) is 22.9 Å². The molecule has 2 aromatic heterocycles. The molecule has 1 N–H and O–H groups in total. The minimum absolute atomic E-state index is 0.0813. The predicted octanol–water partition coefficient (Wildman–Crippen LogP) is 5.82. The summed E-state index contributed by atoms with van der Waals surface area (Å²) in [6, 6.07) is 22.8. The first-order valence-corrected chi connectivity index (χ1v) is 11.3. The Labute approximate surface area is 189 Å². The number of hydrogen-bond donors (Lipinski definition) is 1. The first-order chi connectivity index (χ1) is 15.5. The predicted molar refractivity (Wildman–Crippen MR) is 130 cm³/mol. The lowest BCUT2D eigenvalue weighted by Crippen LogP contribution is -2.23. The number of phenolic OH excluding ortho intramolecular Hbond substituents is 1. The number of nitrogens with zero attached hydrogens (tertiary/aromatic N) is 2. The lowest BCUT2D eigenvalue weighted by molar-refractivity contribution is 0.242. The Balaban J connectivity index is 1.74. The quantitative estimate of drug-likeness (QED) is 0.373. The van der Waals surface area contributed by atoms with E-state index in [1.54, 1.807) is 16.7 Å². The van der Waals surface area contributed by atoms with Gasteiger partial charge in [-0.3, -0.25) is 9.36 Å². The highest BCUT2D eigenvalue weighted by Gasteiger charge is 2.19. The Morgan fingerprint density at radius 1 is 1.00 bits per heavy atom. The molecule has 0 aliphatic heterocycles. The maximum Gasteiger partial charge on any atom is 0.263 e. The number of thiophene rings is 1. The van der Waals surface area contributed by atoms with Crippen LogP contribution in [0.4, 0.5) is 0 Å². The van der Waals surface area contributed by atoms with Crippen molar-refractivity contribution in [2.24, 2.45) is 0 Å². The second kappa shape index (κ2) is 8.13. The molecule has 0 aliphatic carbocycles. The van der Waals surface area contributed by atoms with Crippen molar-refractivity contribution in [1.29, 1.82) is 0 Å². The SMILES string of the molecule is CC(C)Oc1ccc(-c2nc3sc4c(O)cccc4c3c(=O)n2Cc2ccccc2)cc1. The maximum absolute atomic E-state index is 13.7. The largest absolute Gasteiger partial charge is 0.506 e. The molecule has 0 unspecified atom stereocenters. The van der Waals surface area contributed by atoms with Crippen molar-refractivity contribution in [3.05, 3.63) is 88.7 Å². The van der Waals surface area contributed by atoms with Crippen molar-refractivity contribution in [2.45, 2.75) is 26.5 Å². The Hall–Kier alpha value is -3.64. The molecule has 5 nitrogen and oxygen atoms in total.